The molecule has 0 atom stereocenters. The normalized spacial score (nSPS) is 26.5. The maximum Gasteiger partial charge on any atom is 0.309 e. The molecular formula is C26H23N3O3S. The minimum Gasteiger partial charge on any atom is -0.481 e. The van der Waals surface area contributed by atoms with Crippen molar-refractivity contribution in [1.29, 1.82) is 0 Å². The summed E-state index contributed by atoms with van der Waals surface area (Å²) in [5, 5.41) is 14.9. The van der Waals surface area contributed by atoms with Gasteiger partial charge < -0.3 is 15.0 Å². The Balaban J connectivity index is 1.18. The summed E-state index contributed by atoms with van der Waals surface area (Å²) < 4.78 is 3.28. The van der Waals surface area contributed by atoms with Crippen LogP contribution in [0.25, 0.3) is 21.1 Å². The zero-order valence-electron chi connectivity index (χ0n) is 18.0. The van der Waals surface area contributed by atoms with Crippen molar-refractivity contribution in [3.05, 3.63) is 65.3 Å². The van der Waals surface area contributed by atoms with Crippen molar-refractivity contribution in [3.63, 3.8) is 0 Å². The minimum absolute atomic E-state index is 0.0159. The first-order valence-corrected chi connectivity index (χ1v) is 12.2. The van der Waals surface area contributed by atoms with Gasteiger partial charge in [0.1, 0.15) is 5.01 Å². The van der Waals surface area contributed by atoms with Gasteiger partial charge >= 0.3 is 5.97 Å². The van der Waals surface area contributed by atoms with E-state index in [1.807, 2.05) is 48.7 Å². The van der Waals surface area contributed by atoms with Crippen LogP contribution in [-0.4, -0.2) is 32.1 Å². The lowest BCUT2D eigenvalue weighted by Gasteiger charge is -2.71. The van der Waals surface area contributed by atoms with Crippen LogP contribution in [0.3, 0.4) is 0 Å². The van der Waals surface area contributed by atoms with Crippen LogP contribution in [0.4, 0.5) is 0 Å². The van der Waals surface area contributed by atoms with Gasteiger partial charge in [-0.15, -0.1) is 11.3 Å². The highest BCUT2D eigenvalue weighted by molar-refractivity contribution is 7.18. The van der Waals surface area contributed by atoms with Gasteiger partial charge in [0.05, 0.1) is 33.3 Å². The first kappa shape index (κ1) is 19.3. The summed E-state index contributed by atoms with van der Waals surface area (Å²) in [6.07, 6.45) is 6.02. The number of rotatable bonds is 6. The van der Waals surface area contributed by atoms with E-state index in [-0.39, 0.29) is 16.9 Å². The number of carboxylic acids is 1. The highest BCUT2D eigenvalue weighted by Gasteiger charge is 2.81. The molecule has 166 valence electrons. The third kappa shape index (κ3) is 2.57. The van der Waals surface area contributed by atoms with E-state index in [2.05, 4.69) is 16.0 Å². The molecule has 0 radical (unpaired) electrons. The number of carbonyl (C=O) groups excluding carboxylic acids is 1. The van der Waals surface area contributed by atoms with Crippen LogP contribution in [0.5, 0.6) is 0 Å². The molecule has 0 spiro atoms. The molecule has 2 bridgehead atoms. The van der Waals surface area contributed by atoms with Crippen LogP contribution in [0, 0.1) is 10.8 Å². The Hall–Kier alpha value is -3.19. The predicted octanol–water partition coefficient (Wildman–Crippen LogP) is 4.82. The Bertz CT molecular complexity index is 1430. The molecule has 33 heavy (non-hydrogen) atoms. The fourth-order valence-corrected chi connectivity index (χ4v) is 7.40. The highest BCUT2D eigenvalue weighted by Crippen LogP contribution is 2.81. The van der Waals surface area contributed by atoms with Crippen LogP contribution in [0.2, 0.25) is 0 Å². The van der Waals surface area contributed by atoms with Gasteiger partial charge in [-0.1, -0.05) is 24.3 Å². The third-order valence-electron chi connectivity index (χ3n) is 8.28. The number of amides is 1. The topological polar surface area (TPSA) is 84.2 Å². The van der Waals surface area contributed by atoms with Gasteiger partial charge in [-0.25, -0.2) is 4.98 Å². The van der Waals surface area contributed by atoms with Gasteiger partial charge in [0, 0.05) is 17.1 Å². The van der Waals surface area contributed by atoms with Crippen LogP contribution in [0.15, 0.2) is 54.7 Å². The fourth-order valence-electron chi connectivity index (χ4n) is 6.43. The molecule has 7 heteroatoms. The smallest absolute Gasteiger partial charge is 0.309 e. The number of carboxylic acid groups (broad SMARTS) is 1. The van der Waals surface area contributed by atoms with E-state index in [1.165, 1.54) is 0 Å². The number of aromatic nitrogens is 2. The Kier molecular flexibility index (Phi) is 3.64. The lowest BCUT2D eigenvalue weighted by Crippen LogP contribution is -2.73. The molecule has 0 unspecified atom stereocenters. The van der Waals surface area contributed by atoms with Gasteiger partial charge in [-0.3, -0.25) is 9.59 Å². The molecule has 0 saturated heterocycles. The Morgan fingerprint density at radius 1 is 1.06 bits per heavy atom. The second-order valence-electron chi connectivity index (χ2n) is 10.2. The summed E-state index contributed by atoms with van der Waals surface area (Å²) in [5.41, 5.74) is 1.83. The summed E-state index contributed by atoms with van der Waals surface area (Å²) in [5.74, 6) is -0.736. The molecular weight excluding hydrogens is 434 g/mol. The van der Waals surface area contributed by atoms with Crippen LogP contribution in [-0.2, 0) is 11.3 Å². The lowest BCUT2D eigenvalue weighted by atomic mass is 9.32. The molecule has 8 rings (SSSR count). The van der Waals surface area contributed by atoms with Crippen molar-refractivity contribution in [3.8, 4) is 0 Å². The Morgan fingerprint density at radius 2 is 1.85 bits per heavy atom. The van der Waals surface area contributed by atoms with E-state index in [4.69, 9.17) is 4.98 Å². The standard InChI is InChI=1S/C26H23N3O3S/c30-22(28-26(9-10-26)25-13-24(14-25,15-25)23(31)32)17-5-3-4-16-8-11-29(21(16)17)12-20-27-18-6-1-2-7-19(18)33-20/h1-8,11H,9-10,12-15H2,(H,28,30)(H,31,32). The van der Waals surface area contributed by atoms with Gasteiger partial charge in [0.25, 0.3) is 5.91 Å². The maximum absolute atomic E-state index is 13.5. The van der Waals surface area contributed by atoms with Crippen molar-refractivity contribution in [1.82, 2.24) is 14.9 Å². The van der Waals surface area contributed by atoms with Crippen molar-refractivity contribution in [2.45, 2.75) is 44.2 Å². The number of hydrogen-bond acceptors (Lipinski definition) is 4. The molecule has 2 N–H and O–H groups in total. The number of fused-ring (bicyclic) bond motifs is 2. The van der Waals surface area contributed by atoms with E-state index < -0.39 is 11.4 Å². The Labute approximate surface area is 194 Å². The molecule has 4 aromatic rings. The lowest BCUT2D eigenvalue weighted by molar-refractivity contribution is -0.236. The van der Waals surface area contributed by atoms with Crippen molar-refractivity contribution < 1.29 is 14.7 Å². The molecule has 2 aromatic carbocycles. The van der Waals surface area contributed by atoms with Crippen molar-refractivity contribution in [2.24, 2.45) is 10.8 Å². The first-order valence-electron chi connectivity index (χ1n) is 11.4. The van der Waals surface area contributed by atoms with Crippen LogP contribution in [0.1, 0.15) is 47.5 Å². The van der Waals surface area contributed by atoms with E-state index in [0.717, 1.165) is 39.0 Å². The molecule has 4 aliphatic carbocycles. The highest BCUT2D eigenvalue weighted by atomic mass is 32.1. The molecule has 0 aliphatic heterocycles. The molecule has 4 fully saturated rings. The summed E-state index contributed by atoms with van der Waals surface area (Å²) in [7, 11) is 0. The number of aliphatic carboxylic acids is 1. The summed E-state index contributed by atoms with van der Waals surface area (Å²) in [4.78, 5) is 29.8. The predicted molar refractivity (Wildman–Crippen MR) is 126 cm³/mol. The second-order valence-corrected chi connectivity index (χ2v) is 11.3. The van der Waals surface area contributed by atoms with Gasteiger partial charge in [0.2, 0.25) is 0 Å². The fraction of sp³-hybridized carbons (Fsp3) is 0.346. The van der Waals surface area contributed by atoms with Crippen molar-refractivity contribution >= 4 is 44.3 Å². The summed E-state index contributed by atoms with van der Waals surface area (Å²) in [6.45, 7) is 0.614. The second kappa shape index (κ2) is 6.23. The van der Waals surface area contributed by atoms with E-state index in [1.54, 1.807) is 11.3 Å². The van der Waals surface area contributed by atoms with E-state index in [9.17, 15) is 14.7 Å². The van der Waals surface area contributed by atoms with Gasteiger partial charge in [-0.05, 0) is 61.8 Å². The third-order valence-corrected chi connectivity index (χ3v) is 9.30. The van der Waals surface area contributed by atoms with Gasteiger partial charge in [-0.2, -0.15) is 0 Å². The molecule has 6 nitrogen and oxygen atoms in total. The van der Waals surface area contributed by atoms with Gasteiger partial charge in [0.15, 0.2) is 0 Å². The maximum atomic E-state index is 13.5. The molecule has 1 amide bonds. The van der Waals surface area contributed by atoms with Crippen molar-refractivity contribution in [2.75, 3.05) is 0 Å². The summed E-state index contributed by atoms with van der Waals surface area (Å²) in [6, 6.07) is 16.0. The number of thiazole rings is 1. The van der Waals surface area contributed by atoms with Crippen LogP contribution >= 0.6 is 11.3 Å². The monoisotopic (exact) mass is 457 g/mol. The number of nitrogens with zero attached hydrogens (tertiary/aromatic N) is 2. The number of para-hydroxylation sites is 2. The molecule has 2 aromatic heterocycles. The zero-order chi connectivity index (χ0) is 22.4. The number of benzene rings is 2. The largest absolute Gasteiger partial charge is 0.481 e. The number of carbonyl (C=O) groups is 2. The molecule has 4 aliphatic rings. The number of nitrogens with one attached hydrogen (secondary N) is 1. The van der Waals surface area contributed by atoms with E-state index in [0.29, 0.717) is 31.4 Å². The Morgan fingerprint density at radius 3 is 2.58 bits per heavy atom. The molecule has 4 saturated carbocycles. The SMILES string of the molecule is O=C(NC1(C23CC(C(=O)O)(C2)C3)CC1)c1cccc2ccn(Cc3nc4ccccc4s3)c12. The summed E-state index contributed by atoms with van der Waals surface area (Å²) >= 11 is 1.68. The zero-order valence-corrected chi connectivity index (χ0v) is 18.8. The quantitative estimate of drug-likeness (QED) is 0.435. The minimum atomic E-state index is -0.677. The first-order chi connectivity index (χ1) is 15.9. The average Bonchev–Trinajstić information content (AvgIpc) is 3.19. The van der Waals surface area contributed by atoms with E-state index >= 15 is 0 Å². The number of hydrogen-bond donors (Lipinski definition) is 2. The average molecular weight is 458 g/mol. The molecule has 2 heterocycles. The van der Waals surface area contributed by atoms with Crippen LogP contribution < -0.4 is 5.32 Å².